The van der Waals surface area contributed by atoms with Gasteiger partial charge in [-0.15, -0.1) is 0 Å². The summed E-state index contributed by atoms with van der Waals surface area (Å²) < 4.78 is 32.6. The van der Waals surface area contributed by atoms with Crippen molar-refractivity contribution >= 4 is 10.0 Å². The van der Waals surface area contributed by atoms with Gasteiger partial charge < -0.3 is 9.73 Å². The summed E-state index contributed by atoms with van der Waals surface area (Å²) in [5.41, 5.74) is -0.0362. The summed E-state index contributed by atoms with van der Waals surface area (Å²) in [6, 6.07) is 3.32. The second-order valence-electron chi connectivity index (χ2n) is 6.84. The van der Waals surface area contributed by atoms with Crippen LogP contribution in [0.15, 0.2) is 21.6 Å². The maximum absolute atomic E-state index is 12.2. The average molecular weight is 314 g/mol. The molecule has 0 bridgehead atoms. The Balaban J connectivity index is 1.93. The number of hydrogen-bond acceptors (Lipinski definition) is 4. The summed E-state index contributed by atoms with van der Waals surface area (Å²) in [7, 11) is -3.53. The molecule has 120 valence electrons. The highest BCUT2D eigenvalue weighted by molar-refractivity contribution is 7.89. The lowest BCUT2D eigenvalue weighted by molar-refractivity contribution is 0.359. The van der Waals surface area contributed by atoms with Crippen molar-refractivity contribution in [1.29, 1.82) is 0 Å². The van der Waals surface area contributed by atoms with Crippen LogP contribution in [0.1, 0.15) is 52.7 Å². The van der Waals surface area contributed by atoms with Gasteiger partial charge in [-0.05, 0) is 51.7 Å². The van der Waals surface area contributed by atoms with Crippen LogP contribution < -0.4 is 10.0 Å². The Morgan fingerprint density at radius 2 is 2.05 bits per heavy atom. The lowest BCUT2D eigenvalue weighted by Crippen LogP contribution is -2.34. The van der Waals surface area contributed by atoms with E-state index in [-0.39, 0.29) is 16.7 Å². The third-order valence-corrected chi connectivity index (χ3v) is 4.95. The van der Waals surface area contributed by atoms with Gasteiger partial charge in [0.05, 0.1) is 6.54 Å². The summed E-state index contributed by atoms with van der Waals surface area (Å²) in [5.74, 6) is 1.12. The zero-order valence-electron chi connectivity index (χ0n) is 13.3. The summed E-state index contributed by atoms with van der Waals surface area (Å²) in [6.07, 6.45) is 3.10. The Kier molecular flexibility index (Phi) is 4.80. The van der Waals surface area contributed by atoms with Gasteiger partial charge in [-0.1, -0.05) is 13.3 Å². The van der Waals surface area contributed by atoms with Crippen LogP contribution in [0.4, 0.5) is 0 Å². The van der Waals surface area contributed by atoms with Gasteiger partial charge in [-0.2, -0.15) is 0 Å². The minimum absolute atomic E-state index is 0.00959. The van der Waals surface area contributed by atoms with Crippen molar-refractivity contribution in [3.8, 4) is 0 Å². The molecule has 0 amide bonds. The molecule has 2 unspecified atom stereocenters. The normalized spacial score (nSPS) is 22.5. The monoisotopic (exact) mass is 314 g/mol. The molecular weight excluding hydrogens is 288 g/mol. The van der Waals surface area contributed by atoms with Crippen molar-refractivity contribution in [3.05, 3.63) is 17.9 Å². The second-order valence-corrected chi connectivity index (χ2v) is 8.48. The molecule has 0 radical (unpaired) electrons. The first-order chi connectivity index (χ1) is 9.71. The van der Waals surface area contributed by atoms with Crippen LogP contribution in [-0.4, -0.2) is 20.0 Å². The van der Waals surface area contributed by atoms with E-state index < -0.39 is 10.0 Å². The maximum Gasteiger partial charge on any atom is 0.274 e. The average Bonchev–Trinajstić information content (AvgIpc) is 2.91. The number of rotatable bonds is 7. The largest absolute Gasteiger partial charge is 0.447 e. The molecular formula is C15H26N2O3S. The predicted molar refractivity (Wildman–Crippen MR) is 82.4 cm³/mol. The molecule has 1 aromatic heterocycles. The molecule has 1 aliphatic rings. The second kappa shape index (κ2) is 6.10. The van der Waals surface area contributed by atoms with Gasteiger partial charge in [0.1, 0.15) is 5.76 Å². The van der Waals surface area contributed by atoms with E-state index in [1.807, 2.05) is 0 Å². The van der Waals surface area contributed by atoms with Crippen LogP contribution in [0, 0.1) is 5.92 Å². The Bertz CT molecular complexity index is 572. The van der Waals surface area contributed by atoms with Crippen LogP contribution in [0.5, 0.6) is 0 Å². The molecule has 2 N–H and O–H groups in total. The minimum atomic E-state index is -3.53. The van der Waals surface area contributed by atoms with Gasteiger partial charge in [0.2, 0.25) is 5.09 Å². The first-order valence-electron chi connectivity index (χ1n) is 7.57. The zero-order valence-corrected chi connectivity index (χ0v) is 14.1. The standard InChI is InChI=1S/C15H26N2O3S/c1-5-6-11-9-13(11)17-21(18,19)14-8-7-12(20-14)10-16-15(2,3)4/h7-8,11,13,16-17H,5-6,9-10H2,1-4H3. The molecule has 0 aliphatic heterocycles. The first kappa shape index (κ1) is 16.5. The molecule has 1 saturated carbocycles. The maximum atomic E-state index is 12.2. The van der Waals surface area contributed by atoms with Gasteiger partial charge >= 0.3 is 0 Å². The summed E-state index contributed by atoms with van der Waals surface area (Å²) >= 11 is 0. The zero-order chi connectivity index (χ0) is 15.7. The SMILES string of the molecule is CCCC1CC1NS(=O)(=O)c1ccc(CNC(C)(C)C)o1. The van der Waals surface area contributed by atoms with Gasteiger partial charge in [0.25, 0.3) is 10.0 Å². The lowest BCUT2D eigenvalue weighted by atomic mass is 10.1. The number of furan rings is 1. The molecule has 0 spiro atoms. The molecule has 0 saturated heterocycles. The van der Waals surface area contributed by atoms with E-state index in [0.717, 1.165) is 19.3 Å². The van der Waals surface area contributed by atoms with Crippen LogP contribution in [0.2, 0.25) is 0 Å². The topological polar surface area (TPSA) is 71.3 Å². The summed E-state index contributed by atoms with van der Waals surface area (Å²) in [6.45, 7) is 8.79. The van der Waals surface area contributed by atoms with Crippen molar-refractivity contribution in [2.75, 3.05) is 0 Å². The molecule has 2 rings (SSSR count). The van der Waals surface area contributed by atoms with E-state index in [2.05, 4.69) is 37.7 Å². The van der Waals surface area contributed by atoms with E-state index in [9.17, 15) is 8.42 Å². The highest BCUT2D eigenvalue weighted by Gasteiger charge is 2.39. The molecule has 0 aromatic carbocycles. The third kappa shape index (κ3) is 4.83. The number of nitrogens with one attached hydrogen (secondary N) is 2. The van der Waals surface area contributed by atoms with E-state index in [4.69, 9.17) is 4.42 Å². The molecule has 21 heavy (non-hydrogen) atoms. The van der Waals surface area contributed by atoms with Crippen molar-refractivity contribution in [1.82, 2.24) is 10.0 Å². The fourth-order valence-electron chi connectivity index (χ4n) is 2.29. The molecule has 1 aliphatic carbocycles. The Morgan fingerprint density at radius 1 is 1.33 bits per heavy atom. The van der Waals surface area contributed by atoms with Crippen molar-refractivity contribution in [2.24, 2.45) is 5.92 Å². The summed E-state index contributed by atoms with van der Waals surface area (Å²) in [4.78, 5) is 0. The highest BCUT2D eigenvalue weighted by atomic mass is 32.2. The Labute approximate surface area is 127 Å². The molecule has 1 aromatic rings. The fourth-order valence-corrected chi connectivity index (χ4v) is 3.56. The van der Waals surface area contributed by atoms with E-state index in [0.29, 0.717) is 18.2 Å². The van der Waals surface area contributed by atoms with Crippen LogP contribution >= 0.6 is 0 Å². The van der Waals surface area contributed by atoms with Gasteiger partial charge in [0.15, 0.2) is 0 Å². The quantitative estimate of drug-likeness (QED) is 0.811. The van der Waals surface area contributed by atoms with Gasteiger partial charge in [0, 0.05) is 11.6 Å². The molecule has 5 nitrogen and oxygen atoms in total. The van der Waals surface area contributed by atoms with Crippen LogP contribution in [-0.2, 0) is 16.6 Å². The Morgan fingerprint density at radius 3 is 2.67 bits per heavy atom. The number of hydrogen-bond donors (Lipinski definition) is 2. The molecule has 2 atom stereocenters. The minimum Gasteiger partial charge on any atom is -0.447 e. The van der Waals surface area contributed by atoms with Crippen molar-refractivity contribution < 1.29 is 12.8 Å². The van der Waals surface area contributed by atoms with Crippen molar-refractivity contribution in [2.45, 2.75) is 70.2 Å². The predicted octanol–water partition coefficient (Wildman–Crippen LogP) is 2.63. The molecule has 1 heterocycles. The molecule has 1 fully saturated rings. The first-order valence-corrected chi connectivity index (χ1v) is 9.05. The van der Waals surface area contributed by atoms with E-state index in [1.165, 1.54) is 6.07 Å². The third-order valence-electron chi connectivity index (χ3n) is 3.58. The highest BCUT2D eigenvalue weighted by Crippen LogP contribution is 2.35. The van der Waals surface area contributed by atoms with Gasteiger partial charge in [-0.25, -0.2) is 13.1 Å². The smallest absolute Gasteiger partial charge is 0.274 e. The van der Waals surface area contributed by atoms with Crippen LogP contribution in [0.25, 0.3) is 0 Å². The summed E-state index contributed by atoms with van der Waals surface area (Å²) in [5, 5.41) is 3.28. The van der Waals surface area contributed by atoms with E-state index >= 15 is 0 Å². The van der Waals surface area contributed by atoms with Gasteiger partial charge in [-0.3, -0.25) is 0 Å². The lowest BCUT2D eigenvalue weighted by Gasteiger charge is -2.19. The van der Waals surface area contributed by atoms with E-state index in [1.54, 1.807) is 6.07 Å². The molecule has 6 heteroatoms. The fraction of sp³-hybridized carbons (Fsp3) is 0.733. The van der Waals surface area contributed by atoms with Crippen molar-refractivity contribution in [3.63, 3.8) is 0 Å². The Hall–Kier alpha value is -0.850. The van der Waals surface area contributed by atoms with Crippen LogP contribution in [0.3, 0.4) is 0 Å². The number of sulfonamides is 1.